The van der Waals surface area contributed by atoms with Crippen molar-refractivity contribution in [3.8, 4) is 0 Å². The molecule has 1 heterocycles. The van der Waals surface area contributed by atoms with Crippen molar-refractivity contribution in [3.05, 3.63) is 59.9 Å². The molecule has 0 radical (unpaired) electrons. The highest BCUT2D eigenvalue weighted by Gasteiger charge is 2.17. The van der Waals surface area contributed by atoms with Gasteiger partial charge in [-0.2, -0.15) is 0 Å². The van der Waals surface area contributed by atoms with E-state index in [4.69, 9.17) is 0 Å². The second kappa shape index (κ2) is 14.4. The first-order chi connectivity index (χ1) is 13.4. The summed E-state index contributed by atoms with van der Waals surface area (Å²) in [6.07, 6.45) is 8.09. The first-order valence-corrected chi connectivity index (χ1v) is 9.91. The quantitative estimate of drug-likeness (QED) is 0.443. The van der Waals surface area contributed by atoms with Crippen LogP contribution in [0.5, 0.6) is 0 Å². The summed E-state index contributed by atoms with van der Waals surface area (Å²) in [5, 5.41) is 3.08. The molecule has 0 spiro atoms. The van der Waals surface area contributed by atoms with Crippen molar-refractivity contribution >= 4 is 11.7 Å². The molecule has 0 aliphatic heterocycles. The number of ketones is 1. The van der Waals surface area contributed by atoms with E-state index in [0.29, 0.717) is 11.3 Å². The van der Waals surface area contributed by atoms with Crippen molar-refractivity contribution in [1.29, 1.82) is 0 Å². The Kier molecular flexibility index (Phi) is 13.0. The van der Waals surface area contributed by atoms with Gasteiger partial charge >= 0.3 is 0 Å². The molecule has 0 saturated carbocycles. The van der Waals surface area contributed by atoms with Crippen LogP contribution in [-0.2, 0) is 9.59 Å². The van der Waals surface area contributed by atoms with Crippen LogP contribution in [0, 0.1) is 0 Å². The average molecular weight is 388 g/mol. The standard InChI is InChI=1S/C21H29N3O2.C2H6.H2/c1-6-8-11-20(19-10-9-12-22-13-19)23-21(26)15-24(17(4)7-2)14-16(3)18(5)25;1-2;/h9-10,12-14,20H,2,6,8,11,15H2,1,3-5H3,(H,23,26);1-2H3;1H/b16-14-;;. The summed E-state index contributed by atoms with van der Waals surface area (Å²) in [5.74, 6) is -0.166. The molecule has 0 fully saturated rings. The van der Waals surface area contributed by atoms with Crippen molar-refractivity contribution in [2.75, 3.05) is 6.54 Å². The molecule has 5 heteroatoms. The van der Waals surface area contributed by atoms with Crippen LogP contribution in [0.3, 0.4) is 0 Å². The second-order valence-corrected chi connectivity index (χ2v) is 6.31. The van der Waals surface area contributed by atoms with E-state index in [-0.39, 0.29) is 25.7 Å². The molecule has 0 aliphatic rings. The Morgan fingerprint density at radius 1 is 1.36 bits per heavy atom. The van der Waals surface area contributed by atoms with Crippen molar-refractivity contribution in [1.82, 2.24) is 15.2 Å². The van der Waals surface area contributed by atoms with Crippen LogP contribution in [-0.4, -0.2) is 28.1 Å². The number of hydrogen-bond acceptors (Lipinski definition) is 4. The average Bonchev–Trinajstić information content (AvgIpc) is 2.71. The van der Waals surface area contributed by atoms with E-state index in [1.807, 2.05) is 26.0 Å². The van der Waals surface area contributed by atoms with E-state index in [0.717, 1.165) is 24.8 Å². The van der Waals surface area contributed by atoms with Crippen LogP contribution in [0.1, 0.15) is 73.8 Å². The molecular weight excluding hydrogens is 350 g/mol. The summed E-state index contributed by atoms with van der Waals surface area (Å²) in [6, 6.07) is 3.76. The van der Waals surface area contributed by atoms with Crippen molar-refractivity contribution < 1.29 is 11.0 Å². The lowest BCUT2D eigenvalue weighted by atomic mass is 10.0. The predicted molar refractivity (Wildman–Crippen MR) is 118 cm³/mol. The molecule has 1 aromatic rings. The van der Waals surface area contributed by atoms with Crippen molar-refractivity contribution in [2.24, 2.45) is 0 Å². The molecular formula is C23H37N3O2. The number of Topliss-reactive ketones (excluding diaryl/α,β-unsaturated/α-hetero) is 1. The van der Waals surface area contributed by atoms with Crippen molar-refractivity contribution in [2.45, 2.75) is 66.8 Å². The number of aromatic nitrogens is 1. The normalized spacial score (nSPS) is 11.4. The van der Waals surface area contributed by atoms with Gasteiger partial charge in [0.05, 0.1) is 11.7 Å². The third kappa shape index (κ3) is 9.33. The molecule has 5 nitrogen and oxygen atoms in total. The number of carbonyl (C=O) groups is 2. The summed E-state index contributed by atoms with van der Waals surface area (Å²) in [4.78, 5) is 30.0. The topological polar surface area (TPSA) is 62.3 Å². The maximum atomic E-state index is 12.6. The van der Waals surface area contributed by atoms with Crippen LogP contribution in [0.4, 0.5) is 0 Å². The Morgan fingerprint density at radius 2 is 2.04 bits per heavy atom. The van der Waals surface area contributed by atoms with Gasteiger partial charge in [-0.05, 0) is 38.8 Å². The molecule has 1 N–H and O–H groups in total. The van der Waals surface area contributed by atoms with Crippen molar-refractivity contribution in [3.63, 3.8) is 0 Å². The molecule has 156 valence electrons. The third-order valence-corrected chi connectivity index (χ3v) is 4.17. The minimum atomic E-state index is -0.128. The molecule has 1 unspecified atom stereocenters. The summed E-state index contributed by atoms with van der Waals surface area (Å²) in [6.45, 7) is 14.9. The Hall–Kier alpha value is -2.65. The van der Waals surface area contributed by atoms with Crippen LogP contribution in [0.15, 0.2) is 54.3 Å². The van der Waals surface area contributed by atoms with Gasteiger partial charge in [0.15, 0.2) is 5.78 Å². The third-order valence-electron chi connectivity index (χ3n) is 4.17. The molecule has 0 bridgehead atoms. The predicted octanol–water partition coefficient (Wildman–Crippen LogP) is 5.18. The van der Waals surface area contributed by atoms with Gasteiger partial charge in [0.25, 0.3) is 0 Å². The fourth-order valence-electron chi connectivity index (χ4n) is 2.39. The maximum absolute atomic E-state index is 12.6. The second-order valence-electron chi connectivity index (χ2n) is 6.31. The fraction of sp³-hybridized carbons (Fsp3) is 0.478. The van der Waals surface area contributed by atoms with Gasteiger partial charge in [0, 0.05) is 25.6 Å². The summed E-state index contributed by atoms with van der Waals surface area (Å²) in [7, 11) is 0. The lowest BCUT2D eigenvalue weighted by Gasteiger charge is -2.23. The number of unbranched alkanes of at least 4 members (excludes halogenated alkanes) is 1. The number of rotatable bonds is 10. The number of nitrogens with zero attached hydrogens (tertiary/aromatic N) is 2. The number of hydrogen-bond donors (Lipinski definition) is 1. The number of nitrogens with one attached hydrogen (secondary N) is 1. The van der Waals surface area contributed by atoms with Gasteiger partial charge in [0.2, 0.25) is 5.91 Å². The first kappa shape index (κ1) is 25.4. The number of amides is 1. The largest absolute Gasteiger partial charge is 0.348 e. The van der Waals surface area contributed by atoms with E-state index < -0.39 is 0 Å². The Morgan fingerprint density at radius 3 is 2.54 bits per heavy atom. The lowest BCUT2D eigenvalue weighted by molar-refractivity contribution is -0.122. The van der Waals surface area contributed by atoms with E-state index in [9.17, 15) is 9.59 Å². The zero-order valence-corrected chi connectivity index (χ0v) is 18.2. The van der Waals surface area contributed by atoms with E-state index in [1.165, 1.54) is 6.92 Å². The summed E-state index contributed by atoms with van der Waals surface area (Å²) < 4.78 is 0. The zero-order chi connectivity index (χ0) is 21.5. The van der Waals surface area contributed by atoms with E-state index in [2.05, 4.69) is 29.5 Å². The molecule has 1 rings (SSSR count). The highest BCUT2D eigenvalue weighted by molar-refractivity contribution is 5.92. The molecule has 1 aromatic heterocycles. The van der Waals surface area contributed by atoms with Gasteiger partial charge in [-0.25, -0.2) is 0 Å². The monoisotopic (exact) mass is 387 g/mol. The zero-order valence-electron chi connectivity index (χ0n) is 18.2. The van der Waals surface area contributed by atoms with Crippen LogP contribution < -0.4 is 5.32 Å². The van der Waals surface area contributed by atoms with Gasteiger partial charge in [-0.3, -0.25) is 14.6 Å². The minimum Gasteiger partial charge on any atom is -0.348 e. The molecule has 28 heavy (non-hydrogen) atoms. The number of allylic oxidation sites excluding steroid dienone is 2. The SMILES string of the molecule is C=C=C(C)N(/C=C(/C)C(C)=O)CC(=O)NC(CCCC)c1cccnc1.CC.[HH]. The Labute approximate surface area is 171 Å². The first-order valence-electron chi connectivity index (χ1n) is 9.91. The number of carbonyl (C=O) groups excluding carboxylic acids is 2. The lowest BCUT2D eigenvalue weighted by Crippen LogP contribution is -2.36. The molecule has 1 atom stereocenters. The van der Waals surface area contributed by atoms with Gasteiger partial charge < -0.3 is 10.2 Å². The highest BCUT2D eigenvalue weighted by atomic mass is 16.2. The number of pyridine rings is 1. The molecule has 0 saturated heterocycles. The van der Waals surface area contributed by atoms with Crippen LogP contribution in [0.2, 0.25) is 0 Å². The smallest absolute Gasteiger partial charge is 0.240 e. The van der Waals surface area contributed by atoms with E-state index >= 15 is 0 Å². The maximum Gasteiger partial charge on any atom is 0.240 e. The summed E-state index contributed by atoms with van der Waals surface area (Å²) >= 11 is 0. The highest BCUT2D eigenvalue weighted by Crippen LogP contribution is 2.18. The Balaban J connectivity index is 0. The van der Waals surface area contributed by atoms with Gasteiger partial charge in [-0.15, -0.1) is 5.73 Å². The minimum absolute atomic E-state index is 0. The summed E-state index contributed by atoms with van der Waals surface area (Å²) in [5.41, 5.74) is 5.03. The molecule has 1 amide bonds. The Bertz CT molecular complexity index is 695. The van der Waals surface area contributed by atoms with Crippen LogP contribution in [0.25, 0.3) is 0 Å². The van der Waals surface area contributed by atoms with E-state index in [1.54, 1.807) is 37.3 Å². The van der Waals surface area contributed by atoms with Gasteiger partial charge in [0.1, 0.15) is 6.54 Å². The van der Waals surface area contributed by atoms with Gasteiger partial charge in [-0.1, -0.05) is 46.3 Å². The van der Waals surface area contributed by atoms with Crippen LogP contribution >= 0.6 is 0 Å². The fourth-order valence-corrected chi connectivity index (χ4v) is 2.39. The molecule has 0 aromatic carbocycles. The molecule has 0 aliphatic carbocycles.